The number of hydrogen-bond acceptors (Lipinski definition) is 4. The molecule has 6 heteroatoms. The Labute approximate surface area is 98.1 Å². The summed E-state index contributed by atoms with van der Waals surface area (Å²) in [6, 6.07) is 6.48. The zero-order valence-electron chi connectivity index (χ0n) is 8.75. The number of halogens is 1. The molecular weight excluding hydrogens is 243 g/mol. The molecule has 0 N–H and O–H groups in total. The van der Waals surface area contributed by atoms with E-state index in [4.69, 9.17) is 0 Å². The second-order valence-electron chi connectivity index (χ2n) is 3.38. The minimum atomic E-state index is -3.60. The van der Waals surface area contributed by atoms with E-state index >= 15 is 0 Å². The second kappa shape index (κ2) is 4.58. The van der Waals surface area contributed by atoms with Crippen LogP contribution in [0.2, 0.25) is 0 Å². The number of aromatic nitrogens is 2. The van der Waals surface area contributed by atoms with Crippen LogP contribution in [0.5, 0.6) is 0 Å². The van der Waals surface area contributed by atoms with Crippen molar-refractivity contribution in [1.82, 2.24) is 9.97 Å². The van der Waals surface area contributed by atoms with Crippen LogP contribution in [0.25, 0.3) is 0 Å². The molecule has 0 saturated carbocycles. The lowest BCUT2D eigenvalue weighted by molar-refractivity contribution is 0.588. The molecular formula is C11H9FN2O2S. The van der Waals surface area contributed by atoms with Crippen LogP contribution < -0.4 is 0 Å². The molecule has 17 heavy (non-hydrogen) atoms. The van der Waals surface area contributed by atoms with E-state index in [-0.39, 0.29) is 16.5 Å². The van der Waals surface area contributed by atoms with Crippen LogP contribution in [-0.2, 0) is 15.6 Å². The number of sulfone groups is 1. The van der Waals surface area contributed by atoms with E-state index in [2.05, 4.69) is 9.97 Å². The first-order chi connectivity index (χ1) is 8.08. The molecule has 0 saturated heterocycles. The molecule has 0 unspecified atom stereocenters. The molecule has 0 aliphatic heterocycles. The summed E-state index contributed by atoms with van der Waals surface area (Å²) in [5, 5.41) is 0. The van der Waals surface area contributed by atoms with Crippen LogP contribution in [0.15, 0.2) is 47.6 Å². The average molecular weight is 252 g/mol. The van der Waals surface area contributed by atoms with Crippen molar-refractivity contribution in [3.05, 3.63) is 54.4 Å². The Morgan fingerprint density at radius 2 is 1.82 bits per heavy atom. The van der Waals surface area contributed by atoms with Gasteiger partial charge in [0.15, 0.2) is 9.84 Å². The van der Waals surface area contributed by atoms with E-state index in [0.29, 0.717) is 0 Å². The van der Waals surface area contributed by atoms with Crippen molar-refractivity contribution < 1.29 is 12.8 Å². The summed E-state index contributed by atoms with van der Waals surface area (Å²) in [6.45, 7) is 0. The Bertz CT molecular complexity index is 614. The molecule has 0 aliphatic carbocycles. The number of benzene rings is 1. The predicted molar refractivity (Wildman–Crippen MR) is 59.3 cm³/mol. The van der Waals surface area contributed by atoms with Gasteiger partial charge in [-0.3, -0.25) is 0 Å². The fourth-order valence-electron chi connectivity index (χ4n) is 1.32. The fourth-order valence-corrected chi connectivity index (χ4v) is 2.55. The fraction of sp³-hybridized carbons (Fsp3) is 0.0909. The topological polar surface area (TPSA) is 59.9 Å². The Morgan fingerprint density at radius 3 is 2.47 bits per heavy atom. The van der Waals surface area contributed by atoms with Crippen molar-refractivity contribution in [1.29, 1.82) is 0 Å². The largest absolute Gasteiger partial charge is 0.240 e. The summed E-state index contributed by atoms with van der Waals surface area (Å²) < 4.78 is 36.8. The van der Waals surface area contributed by atoms with Crippen molar-refractivity contribution in [2.75, 3.05) is 0 Å². The molecule has 2 rings (SSSR count). The van der Waals surface area contributed by atoms with Gasteiger partial charge in [0.2, 0.25) is 0 Å². The maximum absolute atomic E-state index is 12.9. The van der Waals surface area contributed by atoms with Gasteiger partial charge >= 0.3 is 0 Å². The van der Waals surface area contributed by atoms with Crippen LogP contribution >= 0.6 is 0 Å². The predicted octanol–water partition coefficient (Wildman–Crippen LogP) is 1.59. The lowest BCUT2D eigenvalue weighted by Gasteiger charge is -2.03. The molecule has 0 atom stereocenters. The van der Waals surface area contributed by atoms with Gasteiger partial charge in [-0.2, -0.15) is 0 Å². The van der Waals surface area contributed by atoms with Gasteiger partial charge in [-0.25, -0.2) is 22.8 Å². The van der Waals surface area contributed by atoms with Crippen LogP contribution in [0.4, 0.5) is 4.39 Å². The first-order valence-corrected chi connectivity index (χ1v) is 6.47. The van der Waals surface area contributed by atoms with Crippen molar-refractivity contribution >= 4 is 9.84 Å². The monoisotopic (exact) mass is 252 g/mol. The standard InChI is InChI=1S/C11H9FN2O2S/c12-9-3-1-4-10(7-9)17(15,16)8-11-13-5-2-6-14-11/h1-7H,8H2. The van der Waals surface area contributed by atoms with Crippen molar-refractivity contribution in [2.45, 2.75) is 10.6 Å². The smallest absolute Gasteiger partial charge is 0.185 e. The van der Waals surface area contributed by atoms with Crippen LogP contribution in [-0.4, -0.2) is 18.4 Å². The van der Waals surface area contributed by atoms with E-state index in [1.165, 1.54) is 30.6 Å². The first kappa shape index (κ1) is 11.7. The zero-order valence-corrected chi connectivity index (χ0v) is 9.56. The van der Waals surface area contributed by atoms with Crippen molar-refractivity contribution in [3.63, 3.8) is 0 Å². The van der Waals surface area contributed by atoms with Gasteiger partial charge in [0.1, 0.15) is 17.4 Å². The summed E-state index contributed by atoms with van der Waals surface area (Å²) in [4.78, 5) is 7.59. The highest BCUT2D eigenvalue weighted by Gasteiger charge is 2.17. The van der Waals surface area contributed by atoms with E-state index in [0.717, 1.165) is 6.07 Å². The lowest BCUT2D eigenvalue weighted by atomic mass is 10.4. The number of rotatable bonds is 3. The SMILES string of the molecule is O=S(=O)(Cc1ncccn1)c1cccc(F)c1. The highest BCUT2D eigenvalue weighted by molar-refractivity contribution is 7.90. The number of hydrogen-bond donors (Lipinski definition) is 0. The second-order valence-corrected chi connectivity index (χ2v) is 5.37. The summed E-state index contributed by atoms with van der Waals surface area (Å²) in [5.41, 5.74) is 0. The molecule has 0 radical (unpaired) electrons. The van der Waals surface area contributed by atoms with Gasteiger partial charge in [0.25, 0.3) is 0 Å². The molecule has 2 aromatic rings. The van der Waals surface area contributed by atoms with E-state index in [9.17, 15) is 12.8 Å². The Balaban J connectivity index is 2.32. The lowest BCUT2D eigenvalue weighted by Crippen LogP contribution is -2.07. The zero-order chi connectivity index (χ0) is 12.3. The van der Waals surface area contributed by atoms with Gasteiger partial charge in [0.05, 0.1) is 4.90 Å². The minimum absolute atomic E-state index is 0.0649. The molecule has 0 amide bonds. The Kier molecular flexibility index (Phi) is 3.14. The van der Waals surface area contributed by atoms with E-state index in [1.54, 1.807) is 6.07 Å². The normalized spacial score (nSPS) is 11.4. The van der Waals surface area contributed by atoms with Gasteiger partial charge in [-0.1, -0.05) is 6.07 Å². The molecule has 1 heterocycles. The summed E-state index contributed by atoms with van der Waals surface area (Å²) in [5.74, 6) is -0.728. The first-order valence-electron chi connectivity index (χ1n) is 4.82. The summed E-state index contributed by atoms with van der Waals surface area (Å²) >= 11 is 0. The molecule has 1 aromatic heterocycles. The quantitative estimate of drug-likeness (QED) is 0.832. The summed E-state index contributed by atoms with van der Waals surface area (Å²) in [6.07, 6.45) is 2.92. The Hall–Kier alpha value is -1.82. The van der Waals surface area contributed by atoms with Crippen molar-refractivity contribution in [2.24, 2.45) is 0 Å². The van der Waals surface area contributed by atoms with Gasteiger partial charge in [-0.05, 0) is 24.3 Å². The third kappa shape index (κ3) is 2.85. The average Bonchev–Trinajstić information content (AvgIpc) is 2.30. The van der Waals surface area contributed by atoms with Crippen LogP contribution in [0.1, 0.15) is 5.82 Å². The van der Waals surface area contributed by atoms with Crippen LogP contribution in [0, 0.1) is 5.82 Å². The maximum Gasteiger partial charge on any atom is 0.185 e. The molecule has 88 valence electrons. The third-order valence-electron chi connectivity index (χ3n) is 2.09. The minimum Gasteiger partial charge on any atom is -0.240 e. The molecule has 1 aromatic carbocycles. The molecule has 0 aliphatic rings. The molecule has 0 bridgehead atoms. The summed E-state index contributed by atoms with van der Waals surface area (Å²) in [7, 11) is -3.60. The molecule has 0 fully saturated rings. The molecule has 0 spiro atoms. The third-order valence-corrected chi connectivity index (χ3v) is 3.70. The van der Waals surface area contributed by atoms with Crippen molar-refractivity contribution in [3.8, 4) is 0 Å². The van der Waals surface area contributed by atoms with Gasteiger partial charge < -0.3 is 0 Å². The van der Waals surface area contributed by atoms with Gasteiger partial charge in [0, 0.05) is 12.4 Å². The Morgan fingerprint density at radius 1 is 1.12 bits per heavy atom. The van der Waals surface area contributed by atoms with Crippen LogP contribution in [0.3, 0.4) is 0 Å². The van der Waals surface area contributed by atoms with E-state index in [1.807, 2.05) is 0 Å². The maximum atomic E-state index is 12.9. The van der Waals surface area contributed by atoms with E-state index < -0.39 is 15.7 Å². The highest BCUT2D eigenvalue weighted by atomic mass is 32.2. The van der Waals surface area contributed by atoms with Gasteiger partial charge in [-0.15, -0.1) is 0 Å². The highest BCUT2D eigenvalue weighted by Crippen LogP contribution is 2.15. The number of nitrogens with zero attached hydrogens (tertiary/aromatic N) is 2. The molecule has 4 nitrogen and oxygen atoms in total.